The van der Waals surface area contributed by atoms with Crippen LogP contribution in [0.2, 0.25) is 0 Å². The van der Waals surface area contributed by atoms with Crippen molar-refractivity contribution in [2.24, 2.45) is 17.6 Å². The lowest BCUT2D eigenvalue weighted by Crippen LogP contribution is -2.27. The first-order chi connectivity index (χ1) is 9.03. The lowest BCUT2D eigenvalue weighted by atomic mass is 9.96. The van der Waals surface area contributed by atoms with E-state index >= 15 is 0 Å². The molecule has 1 aromatic carbocycles. The minimum absolute atomic E-state index is 0.450. The highest BCUT2D eigenvalue weighted by molar-refractivity contribution is 5.64. The van der Waals surface area contributed by atoms with E-state index in [2.05, 4.69) is 19.2 Å². The molecule has 0 bridgehead atoms. The molecule has 0 radical (unpaired) electrons. The van der Waals surface area contributed by atoms with Crippen molar-refractivity contribution in [3.63, 3.8) is 0 Å². The van der Waals surface area contributed by atoms with E-state index in [1.54, 1.807) is 14.2 Å². The molecule has 0 aliphatic heterocycles. The molecule has 19 heavy (non-hydrogen) atoms. The number of methoxy groups -OCH3 is 2. The molecule has 0 heterocycles. The number of nitrogens with two attached hydrogens (primary N) is 1. The van der Waals surface area contributed by atoms with E-state index in [-0.39, 0.29) is 0 Å². The fraction of sp³-hybridized carbons (Fsp3) is 0.600. The molecule has 0 fully saturated rings. The van der Waals surface area contributed by atoms with Crippen molar-refractivity contribution in [2.45, 2.75) is 20.8 Å². The van der Waals surface area contributed by atoms with E-state index < -0.39 is 0 Å². The van der Waals surface area contributed by atoms with E-state index in [0.717, 1.165) is 29.3 Å². The molecule has 3 N–H and O–H groups in total. The predicted molar refractivity (Wildman–Crippen MR) is 80.2 cm³/mol. The Balaban J connectivity index is 2.88. The summed E-state index contributed by atoms with van der Waals surface area (Å²) in [5, 5.41) is 3.46. The van der Waals surface area contributed by atoms with Gasteiger partial charge in [0.1, 0.15) is 11.5 Å². The van der Waals surface area contributed by atoms with Crippen LogP contribution in [-0.2, 0) is 0 Å². The van der Waals surface area contributed by atoms with Gasteiger partial charge in [0.25, 0.3) is 0 Å². The summed E-state index contributed by atoms with van der Waals surface area (Å²) >= 11 is 0. The Morgan fingerprint density at radius 3 is 2.37 bits per heavy atom. The predicted octanol–water partition coefficient (Wildman–Crippen LogP) is 2.66. The summed E-state index contributed by atoms with van der Waals surface area (Å²) in [5.74, 6) is 2.61. The molecule has 1 rings (SSSR count). The van der Waals surface area contributed by atoms with Crippen LogP contribution >= 0.6 is 0 Å². The van der Waals surface area contributed by atoms with Gasteiger partial charge in [-0.05, 0) is 36.9 Å². The topological polar surface area (TPSA) is 56.5 Å². The van der Waals surface area contributed by atoms with Gasteiger partial charge in [0.05, 0.1) is 19.9 Å². The smallest absolute Gasteiger partial charge is 0.145 e. The third kappa shape index (κ3) is 4.03. The maximum absolute atomic E-state index is 5.80. The average Bonchev–Trinajstić information content (AvgIpc) is 2.39. The molecule has 0 saturated carbocycles. The number of benzene rings is 1. The van der Waals surface area contributed by atoms with E-state index in [9.17, 15) is 0 Å². The summed E-state index contributed by atoms with van der Waals surface area (Å²) in [7, 11) is 3.33. The van der Waals surface area contributed by atoms with Crippen LogP contribution in [0.1, 0.15) is 19.4 Å². The van der Waals surface area contributed by atoms with Crippen molar-refractivity contribution in [2.75, 3.05) is 32.6 Å². The Hall–Kier alpha value is -1.42. The van der Waals surface area contributed by atoms with Crippen molar-refractivity contribution < 1.29 is 9.47 Å². The van der Waals surface area contributed by atoms with Crippen LogP contribution in [0.5, 0.6) is 11.5 Å². The van der Waals surface area contributed by atoms with Gasteiger partial charge >= 0.3 is 0 Å². The van der Waals surface area contributed by atoms with Crippen LogP contribution in [0.25, 0.3) is 0 Å². The first-order valence-electron chi connectivity index (χ1n) is 6.70. The lowest BCUT2D eigenvalue weighted by molar-refractivity contribution is 0.392. The Morgan fingerprint density at radius 2 is 1.89 bits per heavy atom. The fourth-order valence-corrected chi connectivity index (χ4v) is 2.05. The minimum Gasteiger partial charge on any atom is -0.497 e. The Labute approximate surface area is 116 Å². The van der Waals surface area contributed by atoms with Gasteiger partial charge in [0.15, 0.2) is 0 Å². The second-order valence-corrected chi connectivity index (χ2v) is 5.14. The molecule has 0 amide bonds. The van der Waals surface area contributed by atoms with Gasteiger partial charge in [-0.25, -0.2) is 0 Å². The molecule has 0 aliphatic carbocycles. The lowest BCUT2D eigenvalue weighted by Gasteiger charge is -2.22. The van der Waals surface area contributed by atoms with Crippen LogP contribution in [0, 0.1) is 18.8 Å². The van der Waals surface area contributed by atoms with E-state index in [0.29, 0.717) is 18.4 Å². The first kappa shape index (κ1) is 15.6. The molecular weight excluding hydrogens is 240 g/mol. The molecule has 1 unspecified atom stereocenters. The molecule has 0 spiro atoms. The number of hydrogen-bond acceptors (Lipinski definition) is 4. The van der Waals surface area contributed by atoms with Crippen molar-refractivity contribution in [1.29, 1.82) is 0 Å². The highest BCUT2D eigenvalue weighted by Gasteiger charge is 2.14. The number of hydrogen-bond donors (Lipinski definition) is 2. The number of anilines is 1. The Bertz CT molecular complexity index is 405. The van der Waals surface area contributed by atoms with Crippen LogP contribution in [0.3, 0.4) is 0 Å². The van der Waals surface area contributed by atoms with Crippen LogP contribution in [0.4, 0.5) is 5.69 Å². The average molecular weight is 266 g/mol. The number of aryl methyl sites for hydroxylation is 1. The zero-order valence-corrected chi connectivity index (χ0v) is 12.6. The highest BCUT2D eigenvalue weighted by Crippen LogP contribution is 2.33. The summed E-state index contributed by atoms with van der Waals surface area (Å²) in [6, 6.07) is 3.89. The quantitative estimate of drug-likeness (QED) is 0.796. The second-order valence-electron chi connectivity index (χ2n) is 5.14. The first-order valence-corrected chi connectivity index (χ1v) is 6.70. The van der Waals surface area contributed by atoms with Crippen molar-refractivity contribution in [1.82, 2.24) is 0 Å². The molecule has 4 heteroatoms. The number of rotatable bonds is 7. The van der Waals surface area contributed by atoms with Gasteiger partial charge in [-0.3, -0.25) is 0 Å². The zero-order chi connectivity index (χ0) is 14.4. The van der Waals surface area contributed by atoms with Gasteiger partial charge in [-0.1, -0.05) is 13.8 Å². The monoisotopic (exact) mass is 266 g/mol. The van der Waals surface area contributed by atoms with E-state index in [1.807, 2.05) is 19.1 Å². The third-order valence-electron chi connectivity index (χ3n) is 3.52. The maximum atomic E-state index is 5.80. The molecule has 0 aromatic heterocycles. The standard InChI is InChI=1S/C15H26N2O2/c1-10(2)12(8-16)9-17-15-11(3)6-13(18-4)7-14(15)19-5/h6-7,10,12,17H,8-9,16H2,1-5H3. The van der Waals surface area contributed by atoms with Crippen molar-refractivity contribution >= 4 is 5.69 Å². The maximum Gasteiger partial charge on any atom is 0.145 e. The molecular formula is C15H26N2O2. The summed E-state index contributed by atoms with van der Waals surface area (Å²) in [5.41, 5.74) is 7.92. The molecule has 1 aromatic rings. The van der Waals surface area contributed by atoms with Crippen LogP contribution in [-0.4, -0.2) is 27.3 Å². The summed E-state index contributed by atoms with van der Waals surface area (Å²) in [4.78, 5) is 0. The fourth-order valence-electron chi connectivity index (χ4n) is 2.05. The SMILES string of the molecule is COc1cc(C)c(NCC(CN)C(C)C)c(OC)c1. The van der Waals surface area contributed by atoms with Gasteiger partial charge < -0.3 is 20.5 Å². The third-order valence-corrected chi connectivity index (χ3v) is 3.52. The van der Waals surface area contributed by atoms with Crippen molar-refractivity contribution in [3.05, 3.63) is 17.7 Å². The Morgan fingerprint density at radius 1 is 1.21 bits per heavy atom. The van der Waals surface area contributed by atoms with Gasteiger partial charge in [0, 0.05) is 12.6 Å². The zero-order valence-electron chi connectivity index (χ0n) is 12.6. The van der Waals surface area contributed by atoms with Crippen LogP contribution in [0.15, 0.2) is 12.1 Å². The normalized spacial score (nSPS) is 12.4. The summed E-state index contributed by atoms with van der Waals surface area (Å²) < 4.78 is 10.7. The van der Waals surface area contributed by atoms with E-state index in [1.165, 1.54) is 0 Å². The molecule has 0 aliphatic rings. The van der Waals surface area contributed by atoms with Gasteiger partial charge in [0.2, 0.25) is 0 Å². The second kappa shape index (κ2) is 7.24. The molecule has 4 nitrogen and oxygen atoms in total. The molecule has 1 atom stereocenters. The molecule has 0 saturated heterocycles. The largest absolute Gasteiger partial charge is 0.497 e. The van der Waals surface area contributed by atoms with Gasteiger partial charge in [-0.15, -0.1) is 0 Å². The number of nitrogens with one attached hydrogen (secondary N) is 1. The molecule has 108 valence electrons. The van der Waals surface area contributed by atoms with Crippen molar-refractivity contribution in [3.8, 4) is 11.5 Å². The minimum atomic E-state index is 0.450. The summed E-state index contributed by atoms with van der Waals surface area (Å²) in [6.45, 7) is 7.95. The Kier molecular flexibility index (Phi) is 5.96. The van der Waals surface area contributed by atoms with E-state index in [4.69, 9.17) is 15.2 Å². The summed E-state index contributed by atoms with van der Waals surface area (Å²) in [6.07, 6.45) is 0. The highest BCUT2D eigenvalue weighted by atomic mass is 16.5. The number of ether oxygens (including phenoxy) is 2. The van der Waals surface area contributed by atoms with Gasteiger partial charge in [-0.2, -0.15) is 0 Å². The van der Waals surface area contributed by atoms with Crippen LogP contribution < -0.4 is 20.5 Å².